The van der Waals surface area contributed by atoms with E-state index in [1.54, 1.807) is 0 Å². The molecule has 5 nitrogen and oxygen atoms in total. The van der Waals surface area contributed by atoms with Crippen LogP contribution in [0, 0.1) is 15.9 Å². The SMILES string of the molecule is O=C(Nc1ccc(F)c(Br)c1)c1cc(Cl)cc([N+](=O)[O-])c1. The van der Waals surface area contributed by atoms with Gasteiger partial charge in [0.15, 0.2) is 0 Å². The summed E-state index contributed by atoms with van der Waals surface area (Å²) in [5.41, 5.74) is 0.0958. The van der Waals surface area contributed by atoms with Gasteiger partial charge in [-0.15, -0.1) is 0 Å². The minimum atomic E-state index is -0.642. The van der Waals surface area contributed by atoms with Crippen molar-refractivity contribution in [3.8, 4) is 0 Å². The molecule has 0 aliphatic carbocycles. The number of carbonyl (C=O) groups excluding carboxylic acids is 1. The van der Waals surface area contributed by atoms with Gasteiger partial charge in [0, 0.05) is 28.4 Å². The quantitative estimate of drug-likeness (QED) is 0.640. The molecule has 0 aromatic heterocycles. The highest BCUT2D eigenvalue weighted by Crippen LogP contribution is 2.23. The van der Waals surface area contributed by atoms with Gasteiger partial charge >= 0.3 is 0 Å². The van der Waals surface area contributed by atoms with Crippen LogP contribution in [0.2, 0.25) is 5.02 Å². The minimum absolute atomic E-state index is 0.0367. The highest BCUT2D eigenvalue weighted by molar-refractivity contribution is 9.10. The Kier molecular flexibility index (Phi) is 4.54. The fraction of sp³-hybridized carbons (Fsp3) is 0. The molecule has 8 heteroatoms. The molecule has 0 fully saturated rings. The van der Waals surface area contributed by atoms with Crippen molar-refractivity contribution in [1.82, 2.24) is 0 Å². The van der Waals surface area contributed by atoms with Gasteiger partial charge in [-0.3, -0.25) is 14.9 Å². The van der Waals surface area contributed by atoms with Gasteiger partial charge in [0.1, 0.15) is 5.82 Å². The third-order valence-corrected chi connectivity index (χ3v) is 3.36. The second-order valence-corrected chi connectivity index (χ2v) is 5.33. The first kappa shape index (κ1) is 15.4. The number of nitro groups is 1. The van der Waals surface area contributed by atoms with Crippen LogP contribution in [0.5, 0.6) is 0 Å². The molecule has 0 spiro atoms. The molecular weight excluding hydrogens is 367 g/mol. The number of halogens is 3. The van der Waals surface area contributed by atoms with Crippen LogP contribution in [-0.2, 0) is 0 Å². The maximum atomic E-state index is 13.1. The first-order valence-electron chi connectivity index (χ1n) is 5.58. The van der Waals surface area contributed by atoms with Crippen molar-refractivity contribution in [2.24, 2.45) is 0 Å². The van der Waals surface area contributed by atoms with Gasteiger partial charge in [0.25, 0.3) is 11.6 Å². The molecule has 1 amide bonds. The van der Waals surface area contributed by atoms with Crippen molar-refractivity contribution in [2.45, 2.75) is 0 Å². The standard InChI is InChI=1S/C13H7BrClFN2O3/c14-11-6-9(1-2-12(11)16)17-13(19)7-3-8(15)5-10(4-7)18(20)21/h1-6H,(H,17,19). The third-order valence-electron chi connectivity index (χ3n) is 2.53. The predicted molar refractivity (Wildman–Crippen MR) is 80.2 cm³/mol. The van der Waals surface area contributed by atoms with E-state index in [1.165, 1.54) is 24.3 Å². The molecule has 1 N–H and O–H groups in total. The van der Waals surface area contributed by atoms with Gasteiger partial charge in [-0.2, -0.15) is 0 Å². The lowest BCUT2D eigenvalue weighted by molar-refractivity contribution is -0.384. The zero-order valence-electron chi connectivity index (χ0n) is 10.3. The van der Waals surface area contributed by atoms with Crippen molar-refractivity contribution in [1.29, 1.82) is 0 Å². The Bertz CT molecular complexity index is 739. The molecule has 0 saturated carbocycles. The lowest BCUT2D eigenvalue weighted by Crippen LogP contribution is -2.12. The molecule has 0 aliphatic rings. The van der Waals surface area contributed by atoms with Crippen LogP contribution in [0.25, 0.3) is 0 Å². The van der Waals surface area contributed by atoms with Crippen LogP contribution in [0.1, 0.15) is 10.4 Å². The topological polar surface area (TPSA) is 72.2 Å². The summed E-state index contributed by atoms with van der Waals surface area (Å²) >= 11 is 8.74. The molecule has 0 aliphatic heterocycles. The maximum Gasteiger partial charge on any atom is 0.271 e. The van der Waals surface area contributed by atoms with Crippen LogP contribution >= 0.6 is 27.5 Å². The summed E-state index contributed by atoms with van der Waals surface area (Å²) in [6.45, 7) is 0. The molecule has 0 bridgehead atoms. The number of benzene rings is 2. The number of nitrogens with zero attached hydrogens (tertiary/aromatic N) is 1. The number of carbonyl (C=O) groups is 1. The Labute approximate surface area is 132 Å². The molecule has 0 heterocycles. The average Bonchev–Trinajstić information content (AvgIpc) is 2.42. The molecule has 0 atom stereocenters. The molecule has 2 aromatic carbocycles. The number of nitrogens with one attached hydrogen (secondary N) is 1. The molecule has 2 aromatic rings. The van der Waals surface area contributed by atoms with Crippen molar-refractivity contribution in [2.75, 3.05) is 5.32 Å². The van der Waals surface area contributed by atoms with E-state index in [0.29, 0.717) is 5.69 Å². The van der Waals surface area contributed by atoms with Crippen LogP contribution < -0.4 is 5.32 Å². The minimum Gasteiger partial charge on any atom is -0.322 e. The number of hydrogen-bond acceptors (Lipinski definition) is 3. The Hall–Kier alpha value is -1.99. The summed E-state index contributed by atoms with van der Waals surface area (Å²) in [6.07, 6.45) is 0. The number of non-ortho nitro benzene ring substituents is 1. The van der Waals surface area contributed by atoms with Crippen molar-refractivity contribution < 1.29 is 14.1 Å². The summed E-state index contributed by atoms with van der Waals surface area (Å²) in [7, 11) is 0. The summed E-state index contributed by atoms with van der Waals surface area (Å²) in [5, 5.41) is 13.3. The molecular formula is C13H7BrClFN2O3. The van der Waals surface area contributed by atoms with E-state index in [-0.39, 0.29) is 20.7 Å². The van der Waals surface area contributed by atoms with Crippen molar-refractivity contribution in [3.05, 3.63) is 67.4 Å². The predicted octanol–water partition coefficient (Wildman–Crippen LogP) is 4.40. The third kappa shape index (κ3) is 3.77. The van der Waals surface area contributed by atoms with E-state index in [9.17, 15) is 19.3 Å². The largest absolute Gasteiger partial charge is 0.322 e. The van der Waals surface area contributed by atoms with E-state index in [2.05, 4.69) is 21.2 Å². The first-order chi connectivity index (χ1) is 9.86. The van der Waals surface area contributed by atoms with Crippen LogP contribution in [0.4, 0.5) is 15.8 Å². The van der Waals surface area contributed by atoms with Crippen molar-refractivity contribution in [3.63, 3.8) is 0 Å². The van der Waals surface area contributed by atoms with Crippen LogP contribution in [-0.4, -0.2) is 10.8 Å². The van der Waals surface area contributed by atoms with Gasteiger partial charge < -0.3 is 5.32 Å². The number of amides is 1. The fourth-order valence-corrected chi connectivity index (χ4v) is 2.20. The molecule has 0 unspecified atom stereocenters. The van der Waals surface area contributed by atoms with Gasteiger partial charge in [0.2, 0.25) is 0 Å². The second-order valence-electron chi connectivity index (χ2n) is 4.04. The Balaban J connectivity index is 2.27. The Morgan fingerprint density at radius 2 is 2.00 bits per heavy atom. The van der Waals surface area contributed by atoms with Gasteiger partial charge in [-0.1, -0.05) is 11.6 Å². The van der Waals surface area contributed by atoms with Gasteiger partial charge in [-0.05, 0) is 40.2 Å². The van der Waals surface area contributed by atoms with E-state index in [1.807, 2.05) is 0 Å². The lowest BCUT2D eigenvalue weighted by Gasteiger charge is -2.06. The average molecular weight is 374 g/mol. The fourth-order valence-electron chi connectivity index (χ4n) is 1.59. The monoisotopic (exact) mass is 372 g/mol. The number of hydrogen-bond donors (Lipinski definition) is 1. The van der Waals surface area contributed by atoms with E-state index in [0.717, 1.165) is 12.1 Å². The summed E-state index contributed by atoms with van der Waals surface area (Å²) < 4.78 is 13.3. The molecule has 21 heavy (non-hydrogen) atoms. The zero-order valence-corrected chi connectivity index (χ0v) is 12.6. The Morgan fingerprint density at radius 1 is 1.29 bits per heavy atom. The molecule has 108 valence electrons. The van der Waals surface area contributed by atoms with Crippen LogP contribution in [0.15, 0.2) is 40.9 Å². The number of rotatable bonds is 3. The highest BCUT2D eigenvalue weighted by atomic mass is 79.9. The van der Waals surface area contributed by atoms with E-state index >= 15 is 0 Å². The number of nitro benzene ring substituents is 1. The summed E-state index contributed by atoms with van der Waals surface area (Å²) in [4.78, 5) is 22.1. The molecule has 2 rings (SSSR count). The summed E-state index contributed by atoms with van der Waals surface area (Å²) in [5.74, 6) is -1.05. The molecule has 0 radical (unpaired) electrons. The smallest absolute Gasteiger partial charge is 0.271 e. The van der Waals surface area contributed by atoms with Gasteiger partial charge in [-0.25, -0.2) is 4.39 Å². The summed E-state index contributed by atoms with van der Waals surface area (Å²) in [6, 6.07) is 7.50. The Morgan fingerprint density at radius 3 is 2.62 bits per heavy atom. The zero-order chi connectivity index (χ0) is 15.6. The van der Waals surface area contributed by atoms with Gasteiger partial charge in [0.05, 0.1) is 9.40 Å². The van der Waals surface area contributed by atoms with Crippen molar-refractivity contribution >= 4 is 44.8 Å². The maximum absolute atomic E-state index is 13.1. The number of anilines is 1. The first-order valence-corrected chi connectivity index (χ1v) is 6.75. The second kappa shape index (κ2) is 6.19. The van der Waals surface area contributed by atoms with E-state index in [4.69, 9.17) is 11.6 Å². The highest BCUT2D eigenvalue weighted by Gasteiger charge is 2.14. The molecule has 0 saturated heterocycles. The van der Waals surface area contributed by atoms with E-state index < -0.39 is 16.6 Å². The normalized spacial score (nSPS) is 10.2. The lowest BCUT2D eigenvalue weighted by atomic mass is 10.2. The van der Waals surface area contributed by atoms with Crippen LogP contribution in [0.3, 0.4) is 0 Å².